The fourth-order valence-electron chi connectivity index (χ4n) is 1.31. The molecule has 0 atom stereocenters. The highest BCUT2D eigenvalue weighted by molar-refractivity contribution is 6.02. The number of aliphatic hydroxyl groups excluding tert-OH is 1. The van der Waals surface area contributed by atoms with Gasteiger partial charge in [0, 0.05) is 19.4 Å². The summed E-state index contributed by atoms with van der Waals surface area (Å²) in [6, 6.07) is 0. The Kier molecular flexibility index (Phi) is 4.23. The Labute approximate surface area is 86.8 Å². The monoisotopic (exact) mass is 215 g/mol. The summed E-state index contributed by atoms with van der Waals surface area (Å²) in [7, 11) is 0. The zero-order valence-electron chi connectivity index (χ0n) is 8.27. The van der Waals surface area contributed by atoms with Gasteiger partial charge in [0.15, 0.2) is 0 Å². The summed E-state index contributed by atoms with van der Waals surface area (Å²) in [5, 5.41) is 8.38. The van der Waals surface area contributed by atoms with Crippen LogP contribution in [0.3, 0.4) is 0 Å². The molecule has 1 fully saturated rings. The van der Waals surface area contributed by atoms with Crippen LogP contribution in [0.2, 0.25) is 0 Å². The van der Waals surface area contributed by atoms with E-state index in [0.29, 0.717) is 0 Å². The maximum absolute atomic E-state index is 11.1. The minimum atomic E-state index is -0.517. The van der Waals surface area contributed by atoms with Crippen LogP contribution in [0.15, 0.2) is 0 Å². The number of carbonyl (C=O) groups is 3. The Morgan fingerprint density at radius 3 is 2.47 bits per heavy atom. The molecule has 1 saturated heterocycles. The van der Waals surface area contributed by atoms with Gasteiger partial charge in [0.2, 0.25) is 11.8 Å². The van der Waals surface area contributed by atoms with Gasteiger partial charge >= 0.3 is 5.97 Å². The van der Waals surface area contributed by atoms with Gasteiger partial charge in [0.05, 0.1) is 13.0 Å². The highest BCUT2D eigenvalue weighted by atomic mass is 16.5. The number of hydrogen-bond acceptors (Lipinski definition) is 5. The molecule has 0 radical (unpaired) electrons. The molecule has 6 nitrogen and oxygen atoms in total. The van der Waals surface area contributed by atoms with Crippen LogP contribution in [0.5, 0.6) is 0 Å². The van der Waals surface area contributed by atoms with Crippen LogP contribution in [0.25, 0.3) is 0 Å². The predicted octanol–water partition coefficient (Wildman–Crippen LogP) is -0.939. The molecule has 0 bridgehead atoms. The van der Waals surface area contributed by atoms with E-state index in [1.165, 1.54) is 0 Å². The van der Waals surface area contributed by atoms with Gasteiger partial charge in [-0.1, -0.05) is 0 Å². The molecule has 1 aliphatic rings. The number of amides is 2. The van der Waals surface area contributed by atoms with Crippen LogP contribution in [-0.2, 0) is 19.1 Å². The van der Waals surface area contributed by atoms with Gasteiger partial charge in [-0.05, 0) is 0 Å². The molecule has 0 aromatic heterocycles. The van der Waals surface area contributed by atoms with Gasteiger partial charge in [-0.2, -0.15) is 0 Å². The van der Waals surface area contributed by atoms with E-state index in [1.54, 1.807) is 0 Å². The van der Waals surface area contributed by atoms with Crippen molar-refractivity contribution in [2.75, 3.05) is 19.8 Å². The number of carbonyl (C=O) groups excluding carboxylic acids is 3. The average Bonchev–Trinajstić information content (AvgIpc) is 2.53. The second-order valence-corrected chi connectivity index (χ2v) is 3.13. The first kappa shape index (κ1) is 11.6. The number of imide groups is 1. The van der Waals surface area contributed by atoms with Crippen molar-refractivity contribution in [3.8, 4) is 0 Å². The SMILES string of the molecule is O=C(CCN1C(=O)CCC1=O)OCCO. The summed E-state index contributed by atoms with van der Waals surface area (Å²) < 4.78 is 4.58. The van der Waals surface area contributed by atoms with E-state index < -0.39 is 5.97 Å². The number of ether oxygens (including phenoxy) is 1. The van der Waals surface area contributed by atoms with Crippen molar-refractivity contribution in [2.24, 2.45) is 0 Å². The third-order valence-corrected chi connectivity index (χ3v) is 2.05. The fraction of sp³-hybridized carbons (Fsp3) is 0.667. The zero-order chi connectivity index (χ0) is 11.3. The van der Waals surface area contributed by atoms with Crippen molar-refractivity contribution < 1.29 is 24.2 Å². The van der Waals surface area contributed by atoms with Crippen molar-refractivity contribution in [1.82, 2.24) is 4.90 Å². The number of esters is 1. The quantitative estimate of drug-likeness (QED) is 0.472. The first-order chi connectivity index (χ1) is 7.15. The lowest BCUT2D eigenvalue weighted by Gasteiger charge is -2.12. The van der Waals surface area contributed by atoms with Gasteiger partial charge in [0.25, 0.3) is 0 Å². The highest BCUT2D eigenvalue weighted by Gasteiger charge is 2.28. The topological polar surface area (TPSA) is 83.9 Å². The lowest BCUT2D eigenvalue weighted by molar-refractivity contribution is -0.146. The Morgan fingerprint density at radius 1 is 1.33 bits per heavy atom. The zero-order valence-corrected chi connectivity index (χ0v) is 8.27. The van der Waals surface area contributed by atoms with E-state index in [4.69, 9.17) is 5.11 Å². The molecular formula is C9H13NO5. The maximum Gasteiger partial charge on any atom is 0.307 e. The summed E-state index contributed by atoms with van der Waals surface area (Å²) >= 11 is 0. The number of hydrogen-bond donors (Lipinski definition) is 1. The summed E-state index contributed by atoms with van der Waals surface area (Å²) in [6.07, 6.45) is 0.437. The number of likely N-dealkylation sites (tertiary alicyclic amines) is 1. The van der Waals surface area contributed by atoms with E-state index in [1.807, 2.05) is 0 Å². The van der Waals surface area contributed by atoms with Crippen LogP contribution >= 0.6 is 0 Å². The number of nitrogens with zero attached hydrogens (tertiary/aromatic N) is 1. The number of rotatable bonds is 5. The smallest absolute Gasteiger partial charge is 0.307 e. The van der Waals surface area contributed by atoms with Gasteiger partial charge < -0.3 is 9.84 Å². The van der Waals surface area contributed by atoms with Gasteiger partial charge in [-0.3, -0.25) is 19.3 Å². The summed E-state index contributed by atoms with van der Waals surface area (Å²) in [4.78, 5) is 34.3. The molecule has 0 aromatic carbocycles. The Balaban J connectivity index is 2.27. The van der Waals surface area contributed by atoms with Crippen LogP contribution in [0, 0.1) is 0 Å². The van der Waals surface area contributed by atoms with E-state index in [9.17, 15) is 14.4 Å². The second-order valence-electron chi connectivity index (χ2n) is 3.13. The highest BCUT2D eigenvalue weighted by Crippen LogP contribution is 2.11. The summed E-state index contributed by atoms with van der Waals surface area (Å²) in [6.45, 7) is -0.212. The normalized spacial score (nSPS) is 15.9. The molecule has 0 aromatic rings. The standard InChI is InChI=1S/C9H13NO5/c11-5-6-15-9(14)3-4-10-7(12)1-2-8(10)13/h11H,1-6H2. The van der Waals surface area contributed by atoms with Gasteiger partial charge in [-0.25, -0.2) is 0 Å². The molecule has 0 aliphatic carbocycles. The largest absolute Gasteiger partial charge is 0.463 e. The predicted molar refractivity (Wildman–Crippen MR) is 48.6 cm³/mol. The molecule has 1 heterocycles. The van der Waals surface area contributed by atoms with E-state index in [2.05, 4.69) is 4.74 Å². The molecular weight excluding hydrogens is 202 g/mol. The van der Waals surface area contributed by atoms with Crippen LogP contribution < -0.4 is 0 Å². The van der Waals surface area contributed by atoms with Crippen molar-refractivity contribution in [1.29, 1.82) is 0 Å². The molecule has 1 rings (SSSR count). The van der Waals surface area contributed by atoms with Gasteiger partial charge in [-0.15, -0.1) is 0 Å². The van der Waals surface area contributed by atoms with Gasteiger partial charge in [0.1, 0.15) is 6.61 Å². The molecule has 84 valence electrons. The van der Waals surface area contributed by atoms with Crippen LogP contribution in [-0.4, -0.2) is 47.5 Å². The summed E-state index contributed by atoms with van der Waals surface area (Å²) in [5.74, 6) is -0.999. The minimum absolute atomic E-state index is 0.0164. The van der Waals surface area contributed by atoms with Crippen molar-refractivity contribution in [3.63, 3.8) is 0 Å². The Hall–Kier alpha value is -1.43. The van der Waals surface area contributed by atoms with Crippen LogP contribution in [0.1, 0.15) is 19.3 Å². The molecule has 0 saturated carbocycles. The molecule has 6 heteroatoms. The molecule has 1 aliphatic heterocycles. The Bertz CT molecular complexity index is 260. The van der Waals surface area contributed by atoms with E-state index in [-0.39, 0.29) is 50.8 Å². The fourth-order valence-corrected chi connectivity index (χ4v) is 1.31. The van der Waals surface area contributed by atoms with Crippen molar-refractivity contribution in [3.05, 3.63) is 0 Å². The molecule has 0 spiro atoms. The molecule has 0 unspecified atom stereocenters. The molecule has 1 N–H and O–H groups in total. The summed E-state index contributed by atoms with van der Waals surface area (Å²) in [5.41, 5.74) is 0. The second kappa shape index (κ2) is 5.45. The first-order valence-corrected chi connectivity index (χ1v) is 4.75. The lowest BCUT2D eigenvalue weighted by atomic mass is 10.4. The minimum Gasteiger partial charge on any atom is -0.463 e. The molecule has 15 heavy (non-hydrogen) atoms. The van der Waals surface area contributed by atoms with Crippen molar-refractivity contribution >= 4 is 17.8 Å². The molecule has 2 amide bonds. The average molecular weight is 215 g/mol. The lowest BCUT2D eigenvalue weighted by Crippen LogP contribution is -2.31. The third-order valence-electron chi connectivity index (χ3n) is 2.05. The van der Waals surface area contributed by atoms with E-state index in [0.717, 1.165) is 4.90 Å². The van der Waals surface area contributed by atoms with Crippen molar-refractivity contribution in [2.45, 2.75) is 19.3 Å². The van der Waals surface area contributed by atoms with Crippen LogP contribution in [0.4, 0.5) is 0 Å². The maximum atomic E-state index is 11.1. The third kappa shape index (κ3) is 3.32. The van der Waals surface area contributed by atoms with E-state index >= 15 is 0 Å². The Morgan fingerprint density at radius 2 is 1.93 bits per heavy atom. The number of aliphatic hydroxyl groups is 1. The first-order valence-electron chi connectivity index (χ1n) is 4.75.